The molecule has 0 amide bonds. The Labute approximate surface area is 198 Å². The number of rotatable bonds is 12. The Morgan fingerprint density at radius 1 is 1.20 bits per heavy atom. The van der Waals surface area contributed by atoms with E-state index in [1.165, 1.54) is 5.56 Å². The van der Waals surface area contributed by atoms with Crippen LogP contribution in [-0.2, 0) is 16.1 Å². The maximum absolute atomic E-state index is 10.7. The van der Waals surface area contributed by atoms with Gasteiger partial charge in [-0.25, -0.2) is 0 Å². The van der Waals surface area contributed by atoms with Crippen LogP contribution in [0.25, 0.3) is 0 Å². The number of aliphatic hydroxyl groups is 1. The smallest absolute Gasteiger partial charge is 0.191 e. The topological polar surface area (TPSA) is 78.4 Å². The quantitative estimate of drug-likeness (QED) is 0.165. The fourth-order valence-corrected chi connectivity index (χ4v) is 3.18. The number of unbranched alkanes of at least 4 members (excludes halogenated alkanes) is 1. The Morgan fingerprint density at radius 3 is 2.63 bits per heavy atom. The predicted molar refractivity (Wildman–Crippen MR) is 133 cm³/mol. The van der Waals surface area contributed by atoms with Gasteiger partial charge in [0.1, 0.15) is 0 Å². The summed E-state index contributed by atoms with van der Waals surface area (Å²) in [5, 5.41) is 17.3. The predicted octanol–water partition coefficient (Wildman–Crippen LogP) is 2.24. The molecule has 1 aliphatic heterocycles. The molecule has 0 saturated carbocycles. The number of nitrogens with zero attached hydrogens (tertiary/aromatic N) is 2. The second kappa shape index (κ2) is 15.8. The first-order valence-electron chi connectivity index (χ1n) is 10.8. The van der Waals surface area contributed by atoms with Crippen molar-refractivity contribution >= 4 is 29.9 Å². The summed E-state index contributed by atoms with van der Waals surface area (Å²) in [6.45, 7) is 11.1. The normalized spacial score (nSPS) is 17.1. The van der Waals surface area contributed by atoms with Crippen molar-refractivity contribution in [2.75, 3.05) is 59.1 Å². The van der Waals surface area contributed by atoms with E-state index in [0.29, 0.717) is 19.7 Å². The van der Waals surface area contributed by atoms with Gasteiger partial charge in [-0.15, -0.1) is 24.0 Å². The minimum Gasteiger partial charge on any atom is -0.387 e. The molecule has 0 radical (unpaired) electrons. The van der Waals surface area contributed by atoms with Gasteiger partial charge in [-0.1, -0.05) is 30.3 Å². The van der Waals surface area contributed by atoms with Crippen molar-refractivity contribution < 1.29 is 14.6 Å². The zero-order chi connectivity index (χ0) is 20.8. The molecule has 0 aromatic heterocycles. The molecule has 1 aromatic rings. The van der Waals surface area contributed by atoms with Crippen LogP contribution < -0.4 is 10.6 Å². The molecule has 1 aromatic carbocycles. The van der Waals surface area contributed by atoms with Gasteiger partial charge in [-0.2, -0.15) is 0 Å². The molecule has 1 fully saturated rings. The summed E-state index contributed by atoms with van der Waals surface area (Å²) in [4.78, 5) is 6.81. The standard InChI is InChI=1S/C22H38N4O3.HI/c1-3-23-21(25-18-22(2,27)19-26-12-15-28-16-13-26)24-11-7-8-14-29-17-20-9-5-4-6-10-20;/h4-6,9-10,27H,3,7-8,11-19H2,1-2H3,(H2,23,24,25);1H. The lowest BCUT2D eigenvalue weighted by Crippen LogP contribution is -2.48. The number of hydrogen-bond acceptors (Lipinski definition) is 5. The highest BCUT2D eigenvalue weighted by atomic mass is 127. The van der Waals surface area contributed by atoms with Crippen molar-refractivity contribution in [3.05, 3.63) is 35.9 Å². The fraction of sp³-hybridized carbons (Fsp3) is 0.682. The van der Waals surface area contributed by atoms with Crippen molar-refractivity contribution in [3.63, 3.8) is 0 Å². The number of halogens is 1. The number of guanidine groups is 1. The van der Waals surface area contributed by atoms with E-state index >= 15 is 0 Å². The van der Waals surface area contributed by atoms with Crippen LogP contribution in [0.3, 0.4) is 0 Å². The summed E-state index contributed by atoms with van der Waals surface area (Å²) in [6.07, 6.45) is 2.00. The van der Waals surface area contributed by atoms with Crippen LogP contribution in [0, 0.1) is 0 Å². The highest BCUT2D eigenvalue weighted by Crippen LogP contribution is 2.09. The van der Waals surface area contributed by atoms with Crippen LogP contribution in [-0.4, -0.2) is 80.7 Å². The van der Waals surface area contributed by atoms with Crippen molar-refractivity contribution in [3.8, 4) is 0 Å². The van der Waals surface area contributed by atoms with Gasteiger partial charge in [0.15, 0.2) is 5.96 Å². The maximum atomic E-state index is 10.7. The van der Waals surface area contributed by atoms with E-state index < -0.39 is 5.60 Å². The minimum atomic E-state index is -0.856. The first-order valence-corrected chi connectivity index (χ1v) is 10.8. The molecule has 30 heavy (non-hydrogen) atoms. The third-order valence-electron chi connectivity index (χ3n) is 4.71. The molecular weight excluding hydrogens is 495 g/mol. The first kappa shape index (κ1) is 27.1. The number of nitrogens with one attached hydrogen (secondary N) is 2. The third kappa shape index (κ3) is 12.0. The van der Waals surface area contributed by atoms with Gasteiger partial charge < -0.3 is 25.2 Å². The largest absolute Gasteiger partial charge is 0.387 e. The van der Waals surface area contributed by atoms with Crippen LogP contribution in [0.5, 0.6) is 0 Å². The van der Waals surface area contributed by atoms with E-state index in [-0.39, 0.29) is 24.0 Å². The van der Waals surface area contributed by atoms with E-state index in [0.717, 1.165) is 64.8 Å². The highest BCUT2D eigenvalue weighted by molar-refractivity contribution is 14.0. The number of benzene rings is 1. The number of β-amino-alcohol motifs (C(OH)–C–C–N with tert-alkyl or cyclic N) is 1. The molecule has 0 spiro atoms. The Morgan fingerprint density at radius 2 is 1.93 bits per heavy atom. The van der Waals surface area contributed by atoms with E-state index in [9.17, 15) is 5.11 Å². The Hall–Kier alpha value is -0.940. The SMILES string of the molecule is CCNC(=NCC(C)(O)CN1CCOCC1)NCCCCOCc1ccccc1.I. The second-order valence-electron chi connectivity index (χ2n) is 7.75. The van der Waals surface area contributed by atoms with Crippen LogP contribution >= 0.6 is 24.0 Å². The van der Waals surface area contributed by atoms with Crippen LogP contribution in [0.4, 0.5) is 0 Å². The van der Waals surface area contributed by atoms with Gasteiger partial charge in [-0.3, -0.25) is 9.89 Å². The van der Waals surface area contributed by atoms with Gasteiger partial charge in [-0.05, 0) is 32.3 Å². The monoisotopic (exact) mass is 534 g/mol. The summed E-state index contributed by atoms with van der Waals surface area (Å²) in [5.41, 5.74) is 0.349. The first-order chi connectivity index (χ1) is 14.1. The molecular formula is C22H39IN4O3. The van der Waals surface area contributed by atoms with Gasteiger partial charge >= 0.3 is 0 Å². The van der Waals surface area contributed by atoms with Crippen molar-refractivity contribution in [2.45, 2.75) is 38.9 Å². The Bertz CT molecular complexity index is 581. The molecule has 172 valence electrons. The van der Waals surface area contributed by atoms with Gasteiger partial charge in [0, 0.05) is 39.3 Å². The number of aliphatic imine (C=N–C) groups is 1. The summed E-state index contributed by atoms with van der Waals surface area (Å²) in [6, 6.07) is 10.2. The van der Waals surface area contributed by atoms with Crippen LogP contribution in [0.1, 0.15) is 32.3 Å². The van der Waals surface area contributed by atoms with Crippen LogP contribution in [0.15, 0.2) is 35.3 Å². The van der Waals surface area contributed by atoms with E-state index in [1.807, 2.05) is 32.0 Å². The summed E-state index contributed by atoms with van der Waals surface area (Å²) < 4.78 is 11.1. The average molecular weight is 534 g/mol. The number of hydrogen-bond donors (Lipinski definition) is 3. The second-order valence-corrected chi connectivity index (χ2v) is 7.75. The molecule has 1 aliphatic rings. The molecule has 2 rings (SSSR count). The Kier molecular flexibility index (Phi) is 14.3. The van der Waals surface area contributed by atoms with Gasteiger partial charge in [0.2, 0.25) is 0 Å². The lowest BCUT2D eigenvalue weighted by atomic mass is 10.1. The lowest BCUT2D eigenvalue weighted by molar-refractivity contribution is -0.0179. The third-order valence-corrected chi connectivity index (χ3v) is 4.71. The highest BCUT2D eigenvalue weighted by Gasteiger charge is 2.25. The van der Waals surface area contributed by atoms with Crippen molar-refractivity contribution in [2.24, 2.45) is 4.99 Å². The lowest BCUT2D eigenvalue weighted by Gasteiger charge is -2.33. The molecule has 1 heterocycles. The fourth-order valence-electron chi connectivity index (χ4n) is 3.18. The zero-order valence-corrected chi connectivity index (χ0v) is 20.8. The molecule has 1 atom stereocenters. The van der Waals surface area contributed by atoms with Crippen LogP contribution in [0.2, 0.25) is 0 Å². The summed E-state index contributed by atoms with van der Waals surface area (Å²) >= 11 is 0. The molecule has 3 N–H and O–H groups in total. The maximum Gasteiger partial charge on any atom is 0.191 e. The average Bonchev–Trinajstić information content (AvgIpc) is 2.72. The summed E-state index contributed by atoms with van der Waals surface area (Å²) in [5.74, 6) is 0.750. The van der Waals surface area contributed by atoms with Gasteiger partial charge in [0.05, 0.1) is 32.0 Å². The Balaban J connectivity index is 0.00000450. The molecule has 0 bridgehead atoms. The van der Waals surface area contributed by atoms with Crippen molar-refractivity contribution in [1.29, 1.82) is 0 Å². The number of morpholine rings is 1. The van der Waals surface area contributed by atoms with Gasteiger partial charge in [0.25, 0.3) is 0 Å². The van der Waals surface area contributed by atoms with Crippen molar-refractivity contribution in [1.82, 2.24) is 15.5 Å². The minimum absolute atomic E-state index is 0. The van der Waals surface area contributed by atoms with E-state index in [1.54, 1.807) is 0 Å². The molecule has 0 aliphatic carbocycles. The molecule has 7 nitrogen and oxygen atoms in total. The molecule has 8 heteroatoms. The van der Waals surface area contributed by atoms with E-state index in [2.05, 4.69) is 32.7 Å². The zero-order valence-electron chi connectivity index (χ0n) is 18.4. The number of ether oxygens (including phenoxy) is 2. The molecule has 1 saturated heterocycles. The summed E-state index contributed by atoms with van der Waals surface area (Å²) in [7, 11) is 0. The van der Waals surface area contributed by atoms with E-state index in [4.69, 9.17) is 9.47 Å². The molecule has 1 unspecified atom stereocenters.